The maximum Gasteiger partial charge on any atom is 0.279 e. The highest BCUT2D eigenvalue weighted by atomic mass is 16.6. The fourth-order valence-corrected chi connectivity index (χ4v) is 2.65. The van der Waals surface area contributed by atoms with Gasteiger partial charge in [-0.15, -0.1) is 0 Å². The van der Waals surface area contributed by atoms with Gasteiger partial charge in [-0.25, -0.2) is 4.63 Å². The summed E-state index contributed by atoms with van der Waals surface area (Å²) in [4.78, 5) is 14.4. The number of nitrogens with zero attached hydrogens (tertiary/aromatic N) is 3. The summed E-state index contributed by atoms with van der Waals surface area (Å²) in [6, 6.07) is 7.90. The summed E-state index contributed by atoms with van der Waals surface area (Å²) in [5, 5.41) is 10.0. The molecule has 1 aromatic heterocycles. The zero-order chi connectivity index (χ0) is 15.5. The van der Waals surface area contributed by atoms with Crippen LogP contribution in [0, 0.1) is 12.8 Å². The van der Waals surface area contributed by atoms with E-state index in [9.17, 15) is 4.79 Å². The van der Waals surface area contributed by atoms with Crippen LogP contribution >= 0.6 is 0 Å². The molecule has 0 bridgehead atoms. The van der Waals surface area contributed by atoms with E-state index in [1.165, 1.54) is 18.5 Å². The van der Waals surface area contributed by atoms with Crippen LogP contribution < -0.4 is 10.2 Å². The summed E-state index contributed by atoms with van der Waals surface area (Å²) in [6.45, 7) is 6.18. The van der Waals surface area contributed by atoms with Gasteiger partial charge in [-0.2, -0.15) is 0 Å². The number of anilines is 2. The molecule has 6 nitrogen and oxygen atoms in total. The van der Waals surface area contributed by atoms with E-state index in [1.807, 2.05) is 24.3 Å². The molecule has 1 aliphatic rings. The van der Waals surface area contributed by atoms with Crippen molar-refractivity contribution in [2.75, 3.05) is 23.3 Å². The fourth-order valence-electron chi connectivity index (χ4n) is 2.65. The summed E-state index contributed by atoms with van der Waals surface area (Å²) in [5.74, 6) is 0.507. The maximum atomic E-state index is 12.0. The van der Waals surface area contributed by atoms with Gasteiger partial charge in [0.25, 0.3) is 5.91 Å². The largest absolute Gasteiger partial charge is 0.372 e. The number of benzene rings is 1. The van der Waals surface area contributed by atoms with Crippen LogP contribution in [0.1, 0.15) is 35.9 Å². The number of nitrogens with one attached hydrogen (secondary N) is 1. The Kier molecular flexibility index (Phi) is 4.09. The van der Waals surface area contributed by atoms with E-state index in [1.54, 1.807) is 6.92 Å². The van der Waals surface area contributed by atoms with E-state index < -0.39 is 0 Å². The molecule has 0 atom stereocenters. The lowest BCUT2D eigenvalue weighted by atomic mass is 9.99. The Hall–Kier alpha value is -2.37. The van der Waals surface area contributed by atoms with E-state index in [0.717, 1.165) is 24.7 Å². The average Bonchev–Trinajstić information content (AvgIpc) is 2.95. The number of hydrogen-bond acceptors (Lipinski definition) is 5. The predicted octanol–water partition coefficient (Wildman–Crippen LogP) is 2.87. The number of carbonyl (C=O) groups excluding carboxylic acids is 1. The third kappa shape index (κ3) is 3.10. The minimum absolute atomic E-state index is 0.217. The molecule has 22 heavy (non-hydrogen) atoms. The third-order valence-corrected chi connectivity index (χ3v) is 4.14. The van der Waals surface area contributed by atoms with Crippen LogP contribution in [0.15, 0.2) is 28.9 Å². The first-order chi connectivity index (χ1) is 10.6. The van der Waals surface area contributed by atoms with Gasteiger partial charge in [-0.1, -0.05) is 12.1 Å². The minimum Gasteiger partial charge on any atom is -0.372 e. The molecule has 1 aliphatic heterocycles. The summed E-state index contributed by atoms with van der Waals surface area (Å²) < 4.78 is 4.54. The quantitative estimate of drug-likeness (QED) is 0.943. The molecule has 0 unspecified atom stereocenters. The second kappa shape index (κ2) is 6.17. The molecule has 0 spiro atoms. The number of rotatable bonds is 3. The van der Waals surface area contributed by atoms with Gasteiger partial charge in [-0.05, 0) is 55.1 Å². The van der Waals surface area contributed by atoms with Crippen LogP contribution in [0.2, 0.25) is 0 Å². The molecule has 1 amide bonds. The molecule has 2 heterocycles. The SMILES string of the molecule is Cc1nonc1C(=O)Nc1ccc(N2CCC(C)CC2)cc1. The highest BCUT2D eigenvalue weighted by molar-refractivity contribution is 6.03. The molecule has 1 saturated heterocycles. The van der Waals surface area contributed by atoms with Gasteiger partial charge >= 0.3 is 0 Å². The van der Waals surface area contributed by atoms with Crippen LogP contribution in [0.3, 0.4) is 0 Å². The number of amides is 1. The highest BCUT2D eigenvalue weighted by Gasteiger charge is 2.17. The first-order valence-electron chi connectivity index (χ1n) is 7.59. The minimum atomic E-state index is -0.307. The smallest absolute Gasteiger partial charge is 0.279 e. The van der Waals surface area contributed by atoms with E-state index in [-0.39, 0.29) is 11.6 Å². The monoisotopic (exact) mass is 300 g/mol. The number of aromatic nitrogens is 2. The fraction of sp³-hybridized carbons (Fsp3) is 0.438. The lowest BCUT2D eigenvalue weighted by Crippen LogP contribution is -2.32. The van der Waals surface area contributed by atoms with Gasteiger partial charge < -0.3 is 10.2 Å². The number of hydrogen-bond donors (Lipinski definition) is 1. The van der Waals surface area contributed by atoms with Crippen molar-refractivity contribution in [1.29, 1.82) is 0 Å². The van der Waals surface area contributed by atoms with Crippen LogP contribution in [0.4, 0.5) is 11.4 Å². The standard InChI is InChI=1S/C16H20N4O2/c1-11-7-9-20(10-8-11)14-5-3-13(4-6-14)17-16(21)15-12(2)18-22-19-15/h3-6,11H,7-10H2,1-2H3,(H,17,21). The third-order valence-electron chi connectivity index (χ3n) is 4.14. The zero-order valence-electron chi connectivity index (χ0n) is 12.9. The van der Waals surface area contributed by atoms with Crippen LogP contribution in [0.25, 0.3) is 0 Å². The van der Waals surface area contributed by atoms with E-state index in [4.69, 9.17) is 0 Å². The summed E-state index contributed by atoms with van der Waals surface area (Å²) in [6.07, 6.45) is 2.47. The number of carbonyl (C=O) groups is 1. The molecule has 1 aromatic carbocycles. The van der Waals surface area contributed by atoms with Gasteiger partial charge in [0.05, 0.1) is 0 Å². The molecule has 0 radical (unpaired) electrons. The number of aryl methyl sites for hydroxylation is 1. The Bertz CT molecular complexity index is 642. The van der Waals surface area contributed by atoms with E-state index in [0.29, 0.717) is 5.69 Å². The molecule has 1 fully saturated rings. The molecule has 0 aliphatic carbocycles. The second-order valence-corrected chi connectivity index (χ2v) is 5.87. The van der Waals surface area contributed by atoms with Gasteiger partial charge in [0, 0.05) is 24.5 Å². The van der Waals surface area contributed by atoms with Crippen LogP contribution in [0.5, 0.6) is 0 Å². The Morgan fingerprint density at radius 1 is 1.23 bits per heavy atom. The van der Waals surface area contributed by atoms with Gasteiger partial charge in [0.1, 0.15) is 5.69 Å². The predicted molar refractivity (Wildman–Crippen MR) is 84.0 cm³/mol. The molecule has 116 valence electrons. The average molecular weight is 300 g/mol. The summed E-state index contributed by atoms with van der Waals surface area (Å²) in [5.41, 5.74) is 2.64. The molecule has 2 aromatic rings. The van der Waals surface area contributed by atoms with E-state index in [2.05, 4.69) is 32.1 Å². The first-order valence-corrected chi connectivity index (χ1v) is 7.59. The zero-order valence-corrected chi connectivity index (χ0v) is 12.9. The van der Waals surface area contributed by atoms with Crippen molar-refractivity contribution in [1.82, 2.24) is 10.3 Å². The van der Waals surface area contributed by atoms with Crippen molar-refractivity contribution < 1.29 is 9.42 Å². The number of piperidine rings is 1. The first kappa shape index (κ1) is 14.6. The van der Waals surface area contributed by atoms with Crippen LogP contribution in [-0.2, 0) is 0 Å². The normalized spacial score (nSPS) is 15.8. The maximum absolute atomic E-state index is 12.0. The van der Waals surface area contributed by atoms with Crippen molar-refractivity contribution in [3.63, 3.8) is 0 Å². The van der Waals surface area contributed by atoms with Crippen LogP contribution in [-0.4, -0.2) is 29.3 Å². The van der Waals surface area contributed by atoms with Crippen molar-refractivity contribution in [3.05, 3.63) is 35.7 Å². The molecule has 6 heteroatoms. The Labute approximate surface area is 129 Å². The molecular weight excluding hydrogens is 280 g/mol. The van der Waals surface area contributed by atoms with E-state index >= 15 is 0 Å². The molecule has 0 saturated carbocycles. The Balaban J connectivity index is 1.64. The molecule has 3 rings (SSSR count). The van der Waals surface area contributed by atoms with Crippen molar-refractivity contribution in [2.45, 2.75) is 26.7 Å². The van der Waals surface area contributed by atoms with Crippen molar-refractivity contribution >= 4 is 17.3 Å². The summed E-state index contributed by atoms with van der Waals surface area (Å²) >= 11 is 0. The summed E-state index contributed by atoms with van der Waals surface area (Å²) in [7, 11) is 0. The van der Waals surface area contributed by atoms with Crippen molar-refractivity contribution in [2.24, 2.45) is 5.92 Å². The topological polar surface area (TPSA) is 71.3 Å². The molecule has 1 N–H and O–H groups in total. The Morgan fingerprint density at radius 3 is 2.50 bits per heavy atom. The lowest BCUT2D eigenvalue weighted by Gasteiger charge is -2.32. The highest BCUT2D eigenvalue weighted by Crippen LogP contribution is 2.24. The van der Waals surface area contributed by atoms with Crippen molar-refractivity contribution in [3.8, 4) is 0 Å². The second-order valence-electron chi connectivity index (χ2n) is 5.87. The van der Waals surface area contributed by atoms with Gasteiger partial charge in [0.2, 0.25) is 0 Å². The van der Waals surface area contributed by atoms with Gasteiger partial charge in [-0.3, -0.25) is 4.79 Å². The van der Waals surface area contributed by atoms with Gasteiger partial charge in [0.15, 0.2) is 5.69 Å². The lowest BCUT2D eigenvalue weighted by molar-refractivity contribution is 0.101. The Morgan fingerprint density at radius 2 is 1.91 bits per heavy atom. The molecular formula is C16H20N4O2.